The Morgan fingerprint density at radius 3 is 2.59 bits per heavy atom. The van der Waals surface area contributed by atoms with Crippen molar-refractivity contribution < 1.29 is 9.90 Å². The average molecular weight is 251 g/mol. The molecule has 0 aromatic carbocycles. The molecular formula is C13H17NO2S. The highest BCUT2D eigenvalue weighted by Gasteiger charge is 2.34. The number of aromatic carboxylic acids is 1. The van der Waals surface area contributed by atoms with Crippen LogP contribution in [0.3, 0.4) is 0 Å². The molecule has 0 aliphatic heterocycles. The minimum absolute atomic E-state index is 0.0740. The van der Waals surface area contributed by atoms with Gasteiger partial charge in [-0.2, -0.15) is 0 Å². The molecule has 3 rings (SSSR count). The smallest absolute Gasteiger partial charge is 0.346 e. The van der Waals surface area contributed by atoms with Crippen LogP contribution < -0.4 is 5.73 Å². The van der Waals surface area contributed by atoms with E-state index in [1.807, 2.05) is 0 Å². The summed E-state index contributed by atoms with van der Waals surface area (Å²) in [6.45, 7) is 0. The lowest BCUT2D eigenvalue weighted by Gasteiger charge is -2.14. The number of carboxylic acid groups (broad SMARTS) is 1. The van der Waals surface area contributed by atoms with Crippen molar-refractivity contribution in [1.82, 2.24) is 0 Å². The van der Waals surface area contributed by atoms with Crippen molar-refractivity contribution in [3.05, 3.63) is 20.9 Å². The van der Waals surface area contributed by atoms with Gasteiger partial charge in [-0.3, -0.25) is 0 Å². The molecule has 0 spiro atoms. The number of nitrogens with two attached hydrogens (primary N) is 1. The number of carboxylic acids is 1. The molecule has 3 nitrogen and oxygen atoms in total. The minimum atomic E-state index is -0.765. The van der Waals surface area contributed by atoms with E-state index in [1.165, 1.54) is 34.6 Å². The molecule has 2 aliphatic carbocycles. The third kappa shape index (κ3) is 1.70. The predicted octanol–water partition coefficient (Wildman–Crippen LogP) is 3.05. The average Bonchev–Trinajstić information content (AvgIpc) is 2.95. The molecular weight excluding hydrogens is 234 g/mol. The summed E-state index contributed by atoms with van der Waals surface area (Å²) in [7, 11) is 0. The van der Waals surface area contributed by atoms with Gasteiger partial charge < -0.3 is 10.8 Å². The lowest BCUT2D eigenvalue weighted by atomic mass is 9.92. The Hall–Kier alpha value is -0.870. The fraction of sp³-hybridized carbons (Fsp3) is 0.615. The summed E-state index contributed by atoms with van der Waals surface area (Å²) in [4.78, 5) is 13.2. The van der Waals surface area contributed by atoms with Gasteiger partial charge in [0.25, 0.3) is 0 Å². The Morgan fingerprint density at radius 2 is 1.94 bits per heavy atom. The molecule has 4 heteroatoms. The summed E-state index contributed by atoms with van der Waals surface area (Å²) in [5.41, 5.74) is 8.43. The molecule has 0 bridgehead atoms. The van der Waals surface area contributed by atoms with Gasteiger partial charge in [0.05, 0.1) is 0 Å². The van der Waals surface area contributed by atoms with Gasteiger partial charge in [0.1, 0.15) is 4.88 Å². The van der Waals surface area contributed by atoms with E-state index in [4.69, 9.17) is 5.73 Å². The molecule has 17 heavy (non-hydrogen) atoms. The third-order valence-corrected chi connectivity index (χ3v) is 5.34. The first-order chi connectivity index (χ1) is 8.18. The van der Waals surface area contributed by atoms with E-state index in [2.05, 4.69) is 0 Å². The van der Waals surface area contributed by atoms with Gasteiger partial charge in [0, 0.05) is 10.9 Å². The van der Waals surface area contributed by atoms with Crippen molar-refractivity contribution in [2.75, 3.05) is 0 Å². The van der Waals surface area contributed by atoms with Crippen molar-refractivity contribution in [1.29, 1.82) is 0 Å². The minimum Gasteiger partial charge on any atom is -0.477 e. The first-order valence-corrected chi connectivity index (χ1v) is 7.14. The molecule has 1 saturated carbocycles. The first kappa shape index (κ1) is 11.2. The molecule has 0 amide bonds. The van der Waals surface area contributed by atoms with Crippen molar-refractivity contribution in [3.8, 4) is 0 Å². The van der Waals surface area contributed by atoms with Crippen molar-refractivity contribution in [2.24, 2.45) is 5.73 Å². The molecule has 92 valence electrons. The van der Waals surface area contributed by atoms with Gasteiger partial charge in [-0.1, -0.05) is 12.8 Å². The molecule has 0 radical (unpaired) electrons. The van der Waals surface area contributed by atoms with Crippen molar-refractivity contribution in [2.45, 2.75) is 50.5 Å². The zero-order chi connectivity index (χ0) is 12.0. The molecule has 1 fully saturated rings. The number of hydrogen-bond acceptors (Lipinski definition) is 3. The lowest BCUT2D eigenvalue weighted by Crippen LogP contribution is -2.11. The maximum Gasteiger partial charge on any atom is 0.346 e. The normalized spacial score (nSPS) is 24.2. The molecule has 1 atom stereocenters. The van der Waals surface area contributed by atoms with Crippen LogP contribution >= 0.6 is 11.3 Å². The predicted molar refractivity (Wildman–Crippen MR) is 67.7 cm³/mol. The molecule has 1 unspecified atom stereocenters. The van der Waals surface area contributed by atoms with Crippen molar-refractivity contribution in [3.63, 3.8) is 0 Å². The Labute approximate surface area is 105 Å². The summed E-state index contributed by atoms with van der Waals surface area (Å²) in [6, 6.07) is 0.0740. The fourth-order valence-electron chi connectivity index (χ4n) is 3.31. The van der Waals surface area contributed by atoms with E-state index in [0.29, 0.717) is 10.8 Å². The summed E-state index contributed by atoms with van der Waals surface area (Å²) in [6.07, 6.45) is 6.68. The van der Waals surface area contributed by atoms with E-state index in [0.717, 1.165) is 31.2 Å². The van der Waals surface area contributed by atoms with Crippen LogP contribution in [0.25, 0.3) is 0 Å². The topological polar surface area (TPSA) is 63.3 Å². The Bertz CT molecular complexity index is 460. The Kier molecular flexibility index (Phi) is 2.71. The van der Waals surface area contributed by atoms with Gasteiger partial charge in [-0.05, 0) is 42.7 Å². The Balaban J connectivity index is 2.12. The van der Waals surface area contributed by atoms with Crippen LogP contribution in [0.1, 0.15) is 69.7 Å². The van der Waals surface area contributed by atoms with Gasteiger partial charge >= 0.3 is 5.97 Å². The number of rotatable bonds is 2. The largest absolute Gasteiger partial charge is 0.477 e. The van der Waals surface area contributed by atoms with Crippen LogP contribution in [-0.4, -0.2) is 11.1 Å². The van der Waals surface area contributed by atoms with E-state index in [1.54, 1.807) is 0 Å². The standard InChI is InChI=1S/C13H17NO2S/c14-8-5-6-9-11(8)10(7-3-1-2-4-7)12(17-9)13(15)16/h7-8H,1-6,14H2,(H,15,16). The molecule has 1 aromatic heterocycles. The summed E-state index contributed by atoms with van der Waals surface area (Å²) in [5.74, 6) is -0.316. The second-order valence-corrected chi connectivity index (χ2v) is 6.22. The third-order valence-electron chi connectivity index (χ3n) is 4.07. The van der Waals surface area contributed by atoms with E-state index < -0.39 is 5.97 Å². The quantitative estimate of drug-likeness (QED) is 0.849. The molecule has 1 aromatic rings. The highest BCUT2D eigenvalue weighted by atomic mass is 32.1. The summed E-state index contributed by atoms with van der Waals surface area (Å²) < 4.78 is 0. The van der Waals surface area contributed by atoms with Crippen molar-refractivity contribution >= 4 is 17.3 Å². The Morgan fingerprint density at radius 1 is 1.24 bits per heavy atom. The summed E-state index contributed by atoms with van der Waals surface area (Å²) >= 11 is 1.47. The van der Waals surface area contributed by atoms with Crippen LogP contribution in [0.2, 0.25) is 0 Å². The second-order valence-electron chi connectivity index (χ2n) is 5.11. The zero-order valence-corrected chi connectivity index (χ0v) is 10.6. The number of thiophene rings is 1. The second kappa shape index (κ2) is 4.10. The summed E-state index contributed by atoms with van der Waals surface area (Å²) in [5, 5.41) is 9.34. The fourth-order valence-corrected chi connectivity index (χ4v) is 4.62. The van der Waals surface area contributed by atoms with Gasteiger partial charge in [0.2, 0.25) is 0 Å². The number of carbonyl (C=O) groups is 1. The van der Waals surface area contributed by atoms with Gasteiger partial charge in [0.15, 0.2) is 0 Å². The SMILES string of the molecule is NC1CCc2sc(C(=O)O)c(C3CCCC3)c21. The highest BCUT2D eigenvalue weighted by molar-refractivity contribution is 7.14. The zero-order valence-electron chi connectivity index (χ0n) is 9.74. The first-order valence-electron chi connectivity index (χ1n) is 6.32. The highest BCUT2D eigenvalue weighted by Crippen LogP contribution is 2.47. The van der Waals surface area contributed by atoms with E-state index in [-0.39, 0.29) is 6.04 Å². The molecule has 2 aliphatic rings. The maximum absolute atomic E-state index is 11.4. The van der Waals surface area contributed by atoms with Crippen LogP contribution in [0.5, 0.6) is 0 Å². The number of aryl methyl sites for hydroxylation is 1. The monoisotopic (exact) mass is 251 g/mol. The molecule has 0 saturated heterocycles. The van der Waals surface area contributed by atoms with E-state index >= 15 is 0 Å². The van der Waals surface area contributed by atoms with Gasteiger partial charge in [-0.15, -0.1) is 11.3 Å². The molecule has 3 N–H and O–H groups in total. The maximum atomic E-state index is 11.4. The van der Waals surface area contributed by atoms with Crippen LogP contribution in [0.4, 0.5) is 0 Å². The number of fused-ring (bicyclic) bond motifs is 1. The van der Waals surface area contributed by atoms with E-state index in [9.17, 15) is 9.90 Å². The van der Waals surface area contributed by atoms with Crippen LogP contribution in [0.15, 0.2) is 0 Å². The van der Waals surface area contributed by atoms with Crippen LogP contribution in [0, 0.1) is 0 Å². The number of hydrogen-bond donors (Lipinski definition) is 2. The van der Waals surface area contributed by atoms with Crippen LogP contribution in [-0.2, 0) is 6.42 Å². The van der Waals surface area contributed by atoms with Gasteiger partial charge in [-0.25, -0.2) is 4.79 Å². The molecule has 1 heterocycles. The lowest BCUT2D eigenvalue weighted by molar-refractivity contribution is 0.0700.